The summed E-state index contributed by atoms with van der Waals surface area (Å²) in [7, 11) is 0. The van der Waals surface area contributed by atoms with Crippen molar-refractivity contribution in [3.05, 3.63) is 72.3 Å². The molecule has 0 bridgehead atoms. The Morgan fingerprint density at radius 2 is 1.40 bits per heavy atom. The van der Waals surface area contributed by atoms with Gasteiger partial charge in [0, 0.05) is 23.0 Å². The predicted octanol–water partition coefficient (Wildman–Crippen LogP) is 4.58. The molecule has 0 saturated heterocycles. The van der Waals surface area contributed by atoms with Crippen LogP contribution in [0.25, 0.3) is 10.8 Å². The molecule has 0 aliphatic rings. The van der Waals surface area contributed by atoms with Crippen LogP contribution >= 0.6 is 12.4 Å². The third-order valence-electron chi connectivity index (χ3n) is 3.23. The maximum Gasteiger partial charge on any atom is 0.123 e. The molecule has 2 nitrogen and oxygen atoms in total. The Morgan fingerprint density at radius 1 is 0.750 bits per heavy atom. The molecule has 3 aromatic rings. The van der Waals surface area contributed by atoms with E-state index in [9.17, 15) is 5.11 Å². The van der Waals surface area contributed by atoms with Gasteiger partial charge in [0.05, 0.1) is 0 Å². The first kappa shape index (κ1) is 14.2. The van der Waals surface area contributed by atoms with Crippen LogP contribution in [0.2, 0.25) is 0 Å². The van der Waals surface area contributed by atoms with Crippen molar-refractivity contribution in [3.63, 3.8) is 0 Å². The van der Waals surface area contributed by atoms with Crippen LogP contribution in [0, 0.1) is 0 Å². The van der Waals surface area contributed by atoms with Crippen LogP contribution in [0.4, 0.5) is 5.69 Å². The van der Waals surface area contributed by atoms with Crippen LogP contribution in [0.1, 0.15) is 5.56 Å². The largest absolute Gasteiger partial charge is 0.507 e. The molecule has 3 rings (SSSR count). The van der Waals surface area contributed by atoms with E-state index in [4.69, 9.17) is 0 Å². The normalized spacial score (nSPS) is 10.0. The van der Waals surface area contributed by atoms with E-state index in [1.165, 1.54) is 5.56 Å². The summed E-state index contributed by atoms with van der Waals surface area (Å²) in [4.78, 5) is 0. The third-order valence-corrected chi connectivity index (χ3v) is 3.23. The second kappa shape index (κ2) is 6.31. The van der Waals surface area contributed by atoms with Crippen molar-refractivity contribution in [3.8, 4) is 5.75 Å². The summed E-state index contributed by atoms with van der Waals surface area (Å²) in [6, 6.07) is 21.8. The van der Waals surface area contributed by atoms with Gasteiger partial charge in [0.15, 0.2) is 0 Å². The highest BCUT2D eigenvalue weighted by Gasteiger charge is 2.04. The zero-order valence-electron chi connectivity index (χ0n) is 10.9. The highest BCUT2D eigenvalue weighted by atomic mass is 35.5. The molecule has 0 amide bonds. The van der Waals surface area contributed by atoms with Crippen molar-refractivity contribution < 1.29 is 5.11 Å². The lowest BCUT2D eigenvalue weighted by molar-refractivity contribution is 0.481. The molecule has 0 heterocycles. The Balaban J connectivity index is 0.00000147. The lowest BCUT2D eigenvalue weighted by Crippen LogP contribution is -1.99. The molecular formula is C17H16ClNO. The number of halogens is 1. The maximum atomic E-state index is 9.85. The summed E-state index contributed by atoms with van der Waals surface area (Å²) in [5, 5.41) is 15.2. The van der Waals surface area contributed by atoms with Gasteiger partial charge >= 0.3 is 0 Å². The first-order chi connectivity index (χ1) is 9.34. The monoisotopic (exact) mass is 285 g/mol. The van der Waals surface area contributed by atoms with E-state index in [1.54, 1.807) is 6.07 Å². The lowest BCUT2D eigenvalue weighted by Gasteiger charge is -2.11. The standard InChI is InChI=1S/C17H15NO.ClH/c19-17-11-10-16(14-8-4-5-9-15(14)17)18-12-13-6-2-1-3-7-13;/h1-11,18-19H,12H2;1H. The van der Waals surface area contributed by atoms with E-state index in [-0.39, 0.29) is 12.4 Å². The Hall–Kier alpha value is -2.19. The van der Waals surface area contributed by atoms with Crippen molar-refractivity contribution >= 4 is 28.9 Å². The molecule has 0 atom stereocenters. The SMILES string of the molecule is Cl.Oc1ccc(NCc2ccccc2)c2ccccc12. The predicted molar refractivity (Wildman–Crippen MR) is 86.6 cm³/mol. The van der Waals surface area contributed by atoms with E-state index < -0.39 is 0 Å². The molecule has 3 heteroatoms. The molecule has 3 aromatic carbocycles. The molecule has 0 fully saturated rings. The number of hydrogen-bond acceptors (Lipinski definition) is 2. The van der Waals surface area contributed by atoms with Crippen LogP contribution in [-0.4, -0.2) is 5.11 Å². The van der Waals surface area contributed by atoms with Crippen molar-refractivity contribution in [2.75, 3.05) is 5.32 Å². The van der Waals surface area contributed by atoms with Gasteiger partial charge in [0.2, 0.25) is 0 Å². The number of phenols is 1. The van der Waals surface area contributed by atoms with Crippen molar-refractivity contribution in [2.24, 2.45) is 0 Å². The number of rotatable bonds is 3. The second-order valence-electron chi connectivity index (χ2n) is 4.52. The highest BCUT2D eigenvalue weighted by Crippen LogP contribution is 2.30. The van der Waals surface area contributed by atoms with Gasteiger partial charge in [0.1, 0.15) is 5.75 Å². The van der Waals surface area contributed by atoms with E-state index in [1.807, 2.05) is 48.5 Å². The van der Waals surface area contributed by atoms with Gasteiger partial charge in [-0.05, 0) is 17.7 Å². The first-order valence-electron chi connectivity index (χ1n) is 6.33. The van der Waals surface area contributed by atoms with E-state index in [0.717, 1.165) is 23.0 Å². The van der Waals surface area contributed by atoms with E-state index >= 15 is 0 Å². The number of fused-ring (bicyclic) bond motifs is 1. The summed E-state index contributed by atoms with van der Waals surface area (Å²) < 4.78 is 0. The molecule has 0 saturated carbocycles. The van der Waals surface area contributed by atoms with Crippen LogP contribution in [-0.2, 0) is 6.54 Å². The molecule has 0 aromatic heterocycles. The number of benzene rings is 3. The summed E-state index contributed by atoms with van der Waals surface area (Å²) >= 11 is 0. The minimum Gasteiger partial charge on any atom is -0.507 e. The Labute approximate surface area is 124 Å². The van der Waals surface area contributed by atoms with Crippen molar-refractivity contribution in [1.82, 2.24) is 0 Å². The fraction of sp³-hybridized carbons (Fsp3) is 0.0588. The summed E-state index contributed by atoms with van der Waals surface area (Å²) in [6.07, 6.45) is 0. The highest BCUT2D eigenvalue weighted by molar-refractivity contribution is 5.97. The fourth-order valence-corrected chi connectivity index (χ4v) is 2.23. The van der Waals surface area contributed by atoms with Gasteiger partial charge in [-0.15, -0.1) is 12.4 Å². The minimum atomic E-state index is 0. The number of hydrogen-bond donors (Lipinski definition) is 2. The molecule has 0 spiro atoms. The number of anilines is 1. The van der Waals surface area contributed by atoms with Crippen molar-refractivity contribution in [1.29, 1.82) is 0 Å². The van der Waals surface area contributed by atoms with Gasteiger partial charge in [-0.3, -0.25) is 0 Å². The first-order valence-corrected chi connectivity index (χ1v) is 6.33. The number of aromatic hydroxyl groups is 1. The third kappa shape index (κ3) is 2.86. The second-order valence-corrected chi connectivity index (χ2v) is 4.52. The zero-order chi connectivity index (χ0) is 13.1. The van der Waals surface area contributed by atoms with E-state index in [2.05, 4.69) is 17.4 Å². The average molecular weight is 286 g/mol. The molecule has 0 radical (unpaired) electrons. The van der Waals surface area contributed by atoms with Crippen molar-refractivity contribution in [2.45, 2.75) is 6.54 Å². The zero-order valence-corrected chi connectivity index (χ0v) is 11.7. The molecule has 0 unspecified atom stereocenters. The molecule has 2 N–H and O–H groups in total. The summed E-state index contributed by atoms with van der Waals surface area (Å²) in [5.41, 5.74) is 2.27. The lowest BCUT2D eigenvalue weighted by atomic mass is 10.1. The van der Waals surface area contributed by atoms with Crippen LogP contribution in [0.3, 0.4) is 0 Å². The Kier molecular flexibility index (Phi) is 4.49. The molecule has 0 aliphatic carbocycles. The summed E-state index contributed by atoms with van der Waals surface area (Å²) in [5.74, 6) is 0.320. The fourth-order valence-electron chi connectivity index (χ4n) is 2.23. The Bertz CT molecular complexity index is 698. The van der Waals surface area contributed by atoms with Crippen LogP contribution < -0.4 is 5.32 Å². The molecule has 20 heavy (non-hydrogen) atoms. The quantitative estimate of drug-likeness (QED) is 0.691. The topological polar surface area (TPSA) is 32.3 Å². The molecule has 0 aliphatic heterocycles. The maximum absolute atomic E-state index is 9.85. The van der Waals surface area contributed by atoms with Gasteiger partial charge in [-0.25, -0.2) is 0 Å². The number of nitrogens with one attached hydrogen (secondary N) is 1. The van der Waals surface area contributed by atoms with Gasteiger partial charge in [0.25, 0.3) is 0 Å². The van der Waals surface area contributed by atoms with Gasteiger partial charge in [-0.1, -0.05) is 54.6 Å². The molecular weight excluding hydrogens is 270 g/mol. The summed E-state index contributed by atoms with van der Waals surface area (Å²) in [6.45, 7) is 0.773. The van der Waals surface area contributed by atoms with Gasteiger partial charge in [-0.2, -0.15) is 0 Å². The van der Waals surface area contributed by atoms with Crippen LogP contribution in [0.15, 0.2) is 66.7 Å². The van der Waals surface area contributed by atoms with Crippen LogP contribution in [0.5, 0.6) is 5.75 Å². The van der Waals surface area contributed by atoms with Gasteiger partial charge < -0.3 is 10.4 Å². The smallest absolute Gasteiger partial charge is 0.123 e. The van der Waals surface area contributed by atoms with E-state index in [0.29, 0.717) is 5.75 Å². The molecule has 102 valence electrons. The average Bonchev–Trinajstić information content (AvgIpc) is 2.48. The Morgan fingerprint density at radius 3 is 2.15 bits per heavy atom. The number of phenolic OH excluding ortho intramolecular Hbond substituents is 1. The minimum absolute atomic E-state index is 0.